The number of anilines is 2. The molecule has 0 radical (unpaired) electrons. The number of aryl methyl sites for hydroxylation is 1. The van der Waals surface area contributed by atoms with Crippen molar-refractivity contribution in [1.29, 1.82) is 0 Å². The van der Waals surface area contributed by atoms with Crippen LogP contribution in [0.2, 0.25) is 0 Å². The van der Waals surface area contributed by atoms with E-state index in [0.29, 0.717) is 15.8 Å². The first-order valence-electron chi connectivity index (χ1n) is 12.1. The van der Waals surface area contributed by atoms with Crippen molar-refractivity contribution in [3.8, 4) is 5.75 Å². The molecule has 0 saturated carbocycles. The van der Waals surface area contributed by atoms with E-state index in [1.54, 1.807) is 17.0 Å². The maximum Gasteiger partial charge on any atom is 0.271 e. The van der Waals surface area contributed by atoms with Crippen molar-refractivity contribution in [2.75, 3.05) is 16.8 Å². The van der Waals surface area contributed by atoms with Crippen molar-refractivity contribution in [2.24, 2.45) is 4.99 Å². The fourth-order valence-corrected chi connectivity index (χ4v) is 4.88. The maximum absolute atomic E-state index is 13.5. The van der Waals surface area contributed by atoms with Gasteiger partial charge in [-0.05, 0) is 84.4 Å². The van der Waals surface area contributed by atoms with Crippen LogP contribution in [-0.2, 0) is 9.59 Å². The molecule has 4 aromatic rings. The topological polar surface area (TPSA) is 71.0 Å². The Kier molecular flexibility index (Phi) is 7.66. The molecule has 0 unspecified atom stereocenters. The summed E-state index contributed by atoms with van der Waals surface area (Å²) in [6, 6.07) is 33.9. The zero-order valence-electron chi connectivity index (χ0n) is 20.7. The van der Waals surface area contributed by atoms with E-state index in [1.165, 1.54) is 11.8 Å². The Balaban J connectivity index is 1.33. The van der Waals surface area contributed by atoms with Crippen molar-refractivity contribution >= 4 is 51.9 Å². The first kappa shape index (κ1) is 25.0. The lowest BCUT2D eigenvalue weighted by Gasteiger charge is -2.15. The van der Waals surface area contributed by atoms with Crippen molar-refractivity contribution in [3.05, 3.63) is 125 Å². The Hall–Kier alpha value is -4.62. The molecule has 0 aliphatic carbocycles. The molecule has 5 rings (SSSR count). The molecule has 1 N–H and O–H groups in total. The number of amides is 2. The van der Waals surface area contributed by atoms with Crippen molar-refractivity contribution in [2.45, 2.75) is 6.92 Å². The van der Waals surface area contributed by atoms with E-state index >= 15 is 0 Å². The molecule has 38 heavy (non-hydrogen) atoms. The van der Waals surface area contributed by atoms with E-state index in [-0.39, 0.29) is 18.4 Å². The normalized spacial score (nSPS) is 15.2. The van der Waals surface area contributed by atoms with Crippen LogP contribution < -0.4 is 15.0 Å². The largest absolute Gasteiger partial charge is 0.484 e. The highest BCUT2D eigenvalue weighted by Gasteiger charge is 2.34. The number of nitrogens with zero attached hydrogens (tertiary/aromatic N) is 2. The summed E-state index contributed by atoms with van der Waals surface area (Å²) in [6.07, 6.45) is 1.82. The molecular formula is C31H25N3O3S. The molecule has 4 aromatic carbocycles. The van der Waals surface area contributed by atoms with Crippen LogP contribution >= 0.6 is 11.8 Å². The Labute approximate surface area is 225 Å². The maximum atomic E-state index is 13.5. The number of rotatable bonds is 7. The van der Waals surface area contributed by atoms with Gasteiger partial charge in [0, 0.05) is 5.69 Å². The molecule has 0 bridgehead atoms. The SMILES string of the molecule is Cc1cccc(NC(=O)COc2cccc(/C=C3\SC(=Nc4ccccc4)N(c4ccccc4)C3=O)c2)c1. The molecular weight excluding hydrogens is 494 g/mol. The number of amidine groups is 1. The second-order valence-corrected chi connectivity index (χ2v) is 9.60. The summed E-state index contributed by atoms with van der Waals surface area (Å²) in [5, 5.41) is 3.42. The van der Waals surface area contributed by atoms with E-state index in [9.17, 15) is 9.59 Å². The zero-order valence-corrected chi connectivity index (χ0v) is 21.5. The second-order valence-electron chi connectivity index (χ2n) is 8.60. The molecule has 1 aliphatic rings. The van der Waals surface area contributed by atoms with Crippen LogP contribution in [0.5, 0.6) is 5.75 Å². The summed E-state index contributed by atoms with van der Waals surface area (Å²) in [5.74, 6) is 0.133. The number of carbonyl (C=O) groups excluding carboxylic acids is 2. The molecule has 2 amide bonds. The number of hydrogen-bond acceptors (Lipinski definition) is 5. The summed E-state index contributed by atoms with van der Waals surface area (Å²) >= 11 is 1.32. The van der Waals surface area contributed by atoms with Crippen LogP contribution in [0.25, 0.3) is 6.08 Å². The Morgan fingerprint density at radius 3 is 2.42 bits per heavy atom. The molecule has 188 valence electrons. The van der Waals surface area contributed by atoms with Gasteiger partial charge in [0.05, 0.1) is 16.3 Å². The highest BCUT2D eigenvalue weighted by Crippen LogP contribution is 2.37. The summed E-state index contributed by atoms with van der Waals surface area (Å²) in [5.41, 5.74) is 4.09. The van der Waals surface area contributed by atoms with Gasteiger partial charge >= 0.3 is 0 Å². The van der Waals surface area contributed by atoms with Crippen molar-refractivity contribution < 1.29 is 14.3 Å². The third-order valence-corrected chi connectivity index (χ3v) is 6.60. The second kappa shape index (κ2) is 11.6. The summed E-state index contributed by atoms with van der Waals surface area (Å²) in [4.78, 5) is 32.7. The van der Waals surface area contributed by atoms with Gasteiger partial charge in [0.2, 0.25) is 0 Å². The highest BCUT2D eigenvalue weighted by atomic mass is 32.2. The third kappa shape index (κ3) is 6.19. The average molecular weight is 520 g/mol. The quantitative estimate of drug-likeness (QED) is 0.272. The van der Waals surface area contributed by atoms with Crippen LogP contribution in [0.1, 0.15) is 11.1 Å². The Morgan fingerprint density at radius 2 is 1.66 bits per heavy atom. The van der Waals surface area contributed by atoms with E-state index in [0.717, 1.165) is 28.2 Å². The van der Waals surface area contributed by atoms with E-state index < -0.39 is 0 Å². The monoisotopic (exact) mass is 519 g/mol. The first-order chi connectivity index (χ1) is 18.5. The van der Waals surface area contributed by atoms with Crippen molar-refractivity contribution in [1.82, 2.24) is 0 Å². The molecule has 1 heterocycles. The minimum Gasteiger partial charge on any atom is -0.484 e. The smallest absolute Gasteiger partial charge is 0.271 e. The van der Waals surface area contributed by atoms with Gasteiger partial charge in [-0.25, -0.2) is 4.99 Å². The van der Waals surface area contributed by atoms with E-state index in [4.69, 9.17) is 9.73 Å². The van der Waals surface area contributed by atoms with Crippen LogP contribution in [0.4, 0.5) is 17.1 Å². The van der Waals surface area contributed by atoms with Crippen LogP contribution in [-0.4, -0.2) is 23.6 Å². The number of ether oxygens (including phenoxy) is 1. The Bertz CT molecular complexity index is 1520. The van der Waals surface area contributed by atoms with Gasteiger partial charge in [0.15, 0.2) is 11.8 Å². The number of carbonyl (C=O) groups is 2. The predicted octanol–water partition coefficient (Wildman–Crippen LogP) is 6.82. The van der Waals surface area contributed by atoms with Gasteiger partial charge in [-0.3, -0.25) is 14.5 Å². The lowest BCUT2D eigenvalue weighted by molar-refractivity contribution is -0.118. The van der Waals surface area contributed by atoms with Gasteiger partial charge < -0.3 is 10.1 Å². The lowest BCUT2D eigenvalue weighted by Crippen LogP contribution is -2.28. The summed E-state index contributed by atoms with van der Waals surface area (Å²) in [6.45, 7) is 1.84. The van der Waals surface area contributed by atoms with Gasteiger partial charge in [-0.15, -0.1) is 0 Å². The molecule has 7 heteroatoms. The standard InChI is InChI=1S/C31H25N3O3S/c1-22-10-8-14-25(18-22)32-29(35)21-37-27-17-9-11-23(19-27)20-28-30(36)34(26-15-6-3-7-16-26)31(38-28)33-24-12-4-2-5-13-24/h2-20H,21H2,1H3,(H,32,35)/b28-20-,33-31?. The van der Waals surface area contributed by atoms with E-state index in [2.05, 4.69) is 5.32 Å². The molecule has 1 fully saturated rings. The number of benzene rings is 4. The number of nitrogens with one attached hydrogen (secondary N) is 1. The first-order valence-corrected chi connectivity index (χ1v) is 12.9. The van der Waals surface area contributed by atoms with Crippen molar-refractivity contribution in [3.63, 3.8) is 0 Å². The minimum atomic E-state index is -0.249. The third-order valence-electron chi connectivity index (χ3n) is 5.63. The van der Waals surface area contributed by atoms with Crippen LogP contribution in [0.15, 0.2) is 119 Å². The van der Waals surface area contributed by atoms with E-state index in [1.807, 2.05) is 110 Å². The van der Waals surface area contributed by atoms with Gasteiger partial charge in [0.25, 0.3) is 11.8 Å². The highest BCUT2D eigenvalue weighted by molar-refractivity contribution is 8.19. The number of hydrogen-bond donors (Lipinski definition) is 1. The summed E-state index contributed by atoms with van der Waals surface area (Å²) in [7, 11) is 0. The number of para-hydroxylation sites is 2. The molecule has 0 aromatic heterocycles. The molecule has 1 aliphatic heterocycles. The van der Waals surface area contributed by atoms with Gasteiger partial charge in [-0.1, -0.05) is 60.7 Å². The van der Waals surface area contributed by atoms with Gasteiger partial charge in [0.1, 0.15) is 5.75 Å². The van der Waals surface area contributed by atoms with Gasteiger partial charge in [-0.2, -0.15) is 0 Å². The molecule has 0 atom stereocenters. The fraction of sp³-hybridized carbons (Fsp3) is 0.0645. The van der Waals surface area contributed by atoms with Crippen LogP contribution in [0, 0.1) is 6.92 Å². The number of aliphatic imine (C=N–C) groups is 1. The zero-order chi connectivity index (χ0) is 26.3. The molecule has 0 spiro atoms. The minimum absolute atomic E-state index is 0.128. The molecule has 1 saturated heterocycles. The number of thioether (sulfide) groups is 1. The fourth-order valence-electron chi connectivity index (χ4n) is 3.88. The molecule has 6 nitrogen and oxygen atoms in total. The predicted molar refractivity (Wildman–Crippen MR) is 155 cm³/mol. The lowest BCUT2D eigenvalue weighted by atomic mass is 10.2. The average Bonchev–Trinajstić information content (AvgIpc) is 3.22. The van der Waals surface area contributed by atoms with Crippen LogP contribution in [0.3, 0.4) is 0 Å². The Morgan fingerprint density at radius 1 is 0.921 bits per heavy atom. The summed E-state index contributed by atoms with van der Waals surface area (Å²) < 4.78 is 5.73.